The molecule has 2 N–H and O–H groups in total. The van der Waals surface area contributed by atoms with Crippen molar-refractivity contribution in [3.63, 3.8) is 0 Å². The number of methoxy groups -OCH3 is 1. The summed E-state index contributed by atoms with van der Waals surface area (Å²) in [6.07, 6.45) is 6.32. The lowest BCUT2D eigenvalue weighted by atomic mass is 9.52. The number of aliphatic hydroxyl groups is 1. The Hall–Kier alpha value is -2.94. The van der Waals surface area contributed by atoms with Crippen molar-refractivity contribution in [3.8, 4) is 5.75 Å². The Kier molecular flexibility index (Phi) is 5.78. The van der Waals surface area contributed by atoms with Crippen LogP contribution in [0, 0.1) is 23.6 Å². The van der Waals surface area contributed by atoms with Crippen LogP contribution in [0.3, 0.4) is 0 Å². The Morgan fingerprint density at radius 2 is 1.97 bits per heavy atom. The smallest absolute Gasteiger partial charge is 0.270 e. The standard InChI is InChI=1S/C27H34FN5O3/c1-16-15-32(23-4-3-20(36-2)11-21(23)28)7-8-33(16)26-29-6-5-22(30-26)25(34)31-24-18-9-17-10-19(24)14-27(35,12-17)13-18/h3-6,11,16-19,24,35H,7-10,12-15H2,1-2H3,(H,31,34). The fourth-order valence-corrected chi connectivity index (χ4v) is 7.40. The van der Waals surface area contributed by atoms with E-state index in [1.54, 1.807) is 24.4 Å². The Labute approximate surface area is 210 Å². The normalized spacial score (nSPS) is 33.1. The molecule has 5 aliphatic rings. The molecule has 5 fully saturated rings. The molecule has 0 spiro atoms. The van der Waals surface area contributed by atoms with E-state index in [0.29, 0.717) is 60.5 Å². The van der Waals surface area contributed by atoms with Crippen molar-refractivity contribution in [1.29, 1.82) is 0 Å². The van der Waals surface area contributed by atoms with Crippen LogP contribution in [-0.2, 0) is 0 Å². The van der Waals surface area contributed by atoms with Gasteiger partial charge in [0, 0.05) is 44.0 Å². The quantitative estimate of drug-likeness (QED) is 0.659. The number of benzene rings is 1. The zero-order valence-corrected chi connectivity index (χ0v) is 20.9. The predicted molar refractivity (Wildman–Crippen MR) is 134 cm³/mol. The summed E-state index contributed by atoms with van der Waals surface area (Å²) in [6, 6.07) is 6.72. The van der Waals surface area contributed by atoms with Gasteiger partial charge in [-0.05, 0) is 75.0 Å². The van der Waals surface area contributed by atoms with E-state index in [0.717, 1.165) is 32.1 Å². The third-order valence-electron chi connectivity index (χ3n) is 8.79. The summed E-state index contributed by atoms with van der Waals surface area (Å²) < 4.78 is 19.7. The maximum atomic E-state index is 14.6. The summed E-state index contributed by atoms with van der Waals surface area (Å²) in [6.45, 7) is 3.90. The van der Waals surface area contributed by atoms with Crippen LogP contribution in [-0.4, -0.2) is 65.4 Å². The molecule has 3 atom stereocenters. The zero-order valence-electron chi connectivity index (χ0n) is 20.9. The number of hydrogen-bond donors (Lipinski definition) is 2. The number of hydrogen-bond acceptors (Lipinski definition) is 7. The molecule has 1 amide bonds. The second-order valence-corrected chi connectivity index (χ2v) is 11.2. The van der Waals surface area contributed by atoms with Crippen molar-refractivity contribution in [1.82, 2.24) is 15.3 Å². The maximum Gasteiger partial charge on any atom is 0.270 e. The van der Waals surface area contributed by atoms with Crippen molar-refractivity contribution in [2.75, 3.05) is 36.5 Å². The molecule has 1 aromatic heterocycles. The molecule has 1 saturated heterocycles. The highest BCUT2D eigenvalue weighted by Gasteiger charge is 2.55. The number of amides is 1. The molecule has 1 aliphatic heterocycles. The first-order valence-electron chi connectivity index (χ1n) is 13.0. The van der Waals surface area contributed by atoms with Gasteiger partial charge in [-0.2, -0.15) is 0 Å². The van der Waals surface area contributed by atoms with Gasteiger partial charge in [0.15, 0.2) is 0 Å². The third kappa shape index (κ3) is 4.17. The SMILES string of the molecule is COc1ccc(N2CCN(c3nccc(C(=O)NC4C5CC6CC4CC(O)(C6)C5)n3)C(C)C2)c(F)c1. The van der Waals surface area contributed by atoms with Gasteiger partial charge in [0.25, 0.3) is 5.91 Å². The summed E-state index contributed by atoms with van der Waals surface area (Å²) in [5, 5.41) is 14.1. The molecule has 0 radical (unpaired) electrons. The summed E-state index contributed by atoms with van der Waals surface area (Å²) in [4.78, 5) is 26.4. The lowest BCUT2D eigenvalue weighted by Gasteiger charge is -2.58. The number of nitrogens with one attached hydrogen (secondary N) is 1. The molecule has 4 aliphatic carbocycles. The van der Waals surface area contributed by atoms with Crippen LogP contribution in [0.15, 0.2) is 30.5 Å². The summed E-state index contributed by atoms with van der Waals surface area (Å²) in [5.74, 6) is 1.82. The van der Waals surface area contributed by atoms with E-state index in [4.69, 9.17) is 4.74 Å². The van der Waals surface area contributed by atoms with Gasteiger partial charge in [-0.25, -0.2) is 14.4 Å². The van der Waals surface area contributed by atoms with Crippen LogP contribution < -0.4 is 19.9 Å². The molecule has 8 nitrogen and oxygen atoms in total. The zero-order chi connectivity index (χ0) is 25.0. The minimum atomic E-state index is -0.521. The van der Waals surface area contributed by atoms with E-state index >= 15 is 0 Å². The number of rotatable bonds is 5. The third-order valence-corrected chi connectivity index (χ3v) is 8.79. The minimum absolute atomic E-state index is 0.0312. The topological polar surface area (TPSA) is 90.8 Å². The number of ether oxygens (including phenoxy) is 1. The molecular formula is C27H34FN5O3. The van der Waals surface area contributed by atoms with Crippen LogP contribution in [0.5, 0.6) is 5.75 Å². The first kappa shape index (κ1) is 23.5. The molecule has 1 aromatic carbocycles. The van der Waals surface area contributed by atoms with Crippen molar-refractivity contribution in [2.24, 2.45) is 17.8 Å². The van der Waals surface area contributed by atoms with Crippen LogP contribution in [0.25, 0.3) is 0 Å². The summed E-state index contributed by atoms with van der Waals surface area (Å²) >= 11 is 0. The van der Waals surface area contributed by atoms with Gasteiger partial charge < -0.3 is 25.0 Å². The number of halogens is 1. The summed E-state index contributed by atoms with van der Waals surface area (Å²) in [5.41, 5.74) is 0.396. The van der Waals surface area contributed by atoms with Gasteiger partial charge in [-0.3, -0.25) is 4.79 Å². The second-order valence-electron chi connectivity index (χ2n) is 11.2. The Bertz CT molecular complexity index is 1150. The highest BCUT2D eigenvalue weighted by molar-refractivity contribution is 5.92. The van der Waals surface area contributed by atoms with Gasteiger partial charge in [-0.1, -0.05) is 0 Å². The van der Waals surface area contributed by atoms with Crippen LogP contribution >= 0.6 is 0 Å². The van der Waals surface area contributed by atoms with E-state index in [2.05, 4.69) is 27.1 Å². The number of nitrogens with zero attached hydrogens (tertiary/aromatic N) is 4. The van der Waals surface area contributed by atoms with Gasteiger partial charge >= 0.3 is 0 Å². The predicted octanol–water partition coefficient (Wildman–Crippen LogP) is 3.01. The Morgan fingerprint density at radius 1 is 1.19 bits per heavy atom. The molecule has 192 valence electrons. The van der Waals surface area contributed by atoms with E-state index in [-0.39, 0.29) is 23.8 Å². The van der Waals surface area contributed by atoms with Crippen LogP contribution in [0.1, 0.15) is 49.5 Å². The second kappa shape index (κ2) is 8.87. The van der Waals surface area contributed by atoms with Crippen molar-refractivity contribution in [2.45, 2.75) is 56.7 Å². The van der Waals surface area contributed by atoms with Gasteiger partial charge in [-0.15, -0.1) is 0 Å². The van der Waals surface area contributed by atoms with E-state index in [9.17, 15) is 14.3 Å². The lowest BCUT2D eigenvalue weighted by Crippen LogP contribution is -2.61. The monoisotopic (exact) mass is 495 g/mol. The molecule has 9 heteroatoms. The maximum absolute atomic E-state index is 14.6. The Balaban J connectivity index is 1.13. The first-order valence-corrected chi connectivity index (χ1v) is 13.0. The number of carbonyl (C=O) groups excluding carboxylic acids is 1. The number of carbonyl (C=O) groups is 1. The Morgan fingerprint density at radius 3 is 2.64 bits per heavy atom. The van der Waals surface area contributed by atoms with Crippen LogP contribution in [0.2, 0.25) is 0 Å². The minimum Gasteiger partial charge on any atom is -0.497 e. The van der Waals surface area contributed by atoms with E-state index < -0.39 is 5.60 Å². The lowest BCUT2D eigenvalue weighted by molar-refractivity contribution is -0.136. The molecule has 36 heavy (non-hydrogen) atoms. The molecule has 2 aromatic rings. The van der Waals surface area contributed by atoms with Crippen molar-refractivity contribution >= 4 is 17.5 Å². The van der Waals surface area contributed by atoms with E-state index in [1.807, 2.05) is 4.90 Å². The largest absolute Gasteiger partial charge is 0.497 e. The molecule has 4 saturated carbocycles. The van der Waals surface area contributed by atoms with Crippen LogP contribution in [0.4, 0.5) is 16.0 Å². The van der Waals surface area contributed by atoms with Crippen molar-refractivity contribution < 1.29 is 19.0 Å². The van der Waals surface area contributed by atoms with Gasteiger partial charge in [0.05, 0.1) is 18.4 Å². The number of piperazine rings is 1. The first-order chi connectivity index (χ1) is 17.3. The number of anilines is 2. The van der Waals surface area contributed by atoms with Crippen molar-refractivity contribution in [3.05, 3.63) is 42.0 Å². The fourth-order valence-electron chi connectivity index (χ4n) is 7.40. The molecule has 4 bridgehead atoms. The summed E-state index contributed by atoms with van der Waals surface area (Å²) in [7, 11) is 1.52. The van der Waals surface area contributed by atoms with Gasteiger partial charge in [0.1, 0.15) is 17.3 Å². The molecule has 3 unspecified atom stereocenters. The highest BCUT2D eigenvalue weighted by Crippen LogP contribution is 2.55. The highest BCUT2D eigenvalue weighted by atomic mass is 19.1. The molecule has 7 rings (SSSR count). The molecule has 2 heterocycles. The van der Waals surface area contributed by atoms with Gasteiger partial charge in [0.2, 0.25) is 5.95 Å². The molecular weight excluding hydrogens is 461 g/mol. The average Bonchev–Trinajstić information content (AvgIpc) is 2.85. The average molecular weight is 496 g/mol. The number of aromatic nitrogens is 2. The van der Waals surface area contributed by atoms with E-state index in [1.165, 1.54) is 13.2 Å². The fraction of sp³-hybridized carbons (Fsp3) is 0.593.